The monoisotopic (exact) mass is 283 g/mol. The van der Waals surface area contributed by atoms with Crippen LogP contribution in [0.4, 0.5) is 4.39 Å². The van der Waals surface area contributed by atoms with Crippen molar-refractivity contribution < 1.29 is 17.9 Å². The Labute approximate surface area is 111 Å². The van der Waals surface area contributed by atoms with Gasteiger partial charge in [0.1, 0.15) is 16.8 Å². The molecule has 0 saturated carbocycles. The molecule has 1 aromatic rings. The molecule has 1 N–H and O–H groups in total. The lowest BCUT2D eigenvalue weighted by Crippen LogP contribution is -2.43. The van der Waals surface area contributed by atoms with Crippen molar-refractivity contribution in [2.24, 2.45) is 5.41 Å². The van der Waals surface area contributed by atoms with E-state index in [1.165, 1.54) is 31.2 Å². The van der Waals surface area contributed by atoms with Gasteiger partial charge in [0.25, 0.3) is 0 Å². The Bertz CT molecular complexity index is 631. The highest BCUT2D eigenvalue weighted by Gasteiger charge is 2.55. The summed E-state index contributed by atoms with van der Waals surface area (Å²) in [6.45, 7) is 1.41. The summed E-state index contributed by atoms with van der Waals surface area (Å²) < 4.78 is 36.1. The fraction of sp³-hybridized carbons (Fsp3) is 0.462. The summed E-state index contributed by atoms with van der Waals surface area (Å²) in [5, 5.41) is 20.0. The first kappa shape index (κ1) is 14.0. The molecule has 4 nitrogen and oxygen atoms in total. The molecule has 2 unspecified atom stereocenters. The van der Waals surface area contributed by atoms with Crippen LogP contribution >= 0.6 is 0 Å². The van der Waals surface area contributed by atoms with Gasteiger partial charge in [0.05, 0.1) is 17.6 Å². The number of nitrogens with zero attached hydrogens (tertiary/aromatic N) is 1. The summed E-state index contributed by atoms with van der Waals surface area (Å²) in [4.78, 5) is 0. The van der Waals surface area contributed by atoms with E-state index in [-0.39, 0.29) is 17.9 Å². The van der Waals surface area contributed by atoms with E-state index in [9.17, 15) is 23.2 Å². The van der Waals surface area contributed by atoms with Crippen LogP contribution < -0.4 is 0 Å². The fourth-order valence-corrected chi connectivity index (χ4v) is 4.53. The minimum absolute atomic E-state index is 0.0796. The standard InChI is InChI=1S/C13H14FNO3S/c1-12(16,10-2-4-11(14)5-3-10)13(8-15)6-7-19(17,18)9-13/h2-5,16H,6-7,9H2,1H3. The lowest BCUT2D eigenvalue weighted by atomic mass is 9.70. The Morgan fingerprint density at radius 2 is 2.00 bits per heavy atom. The molecule has 6 heteroatoms. The first-order valence-corrected chi connectivity index (χ1v) is 7.65. The van der Waals surface area contributed by atoms with Crippen LogP contribution in [-0.4, -0.2) is 25.0 Å². The maximum Gasteiger partial charge on any atom is 0.152 e. The molecular weight excluding hydrogens is 269 g/mol. The molecule has 1 fully saturated rings. The first-order valence-electron chi connectivity index (χ1n) is 5.83. The summed E-state index contributed by atoms with van der Waals surface area (Å²) in [6.07, 6.45) is 0.0796. The van der Waals surface area contributed by atoms with Crippen LogP contribution in [0.2, 0.25) is 0 Å². The minimum Gasteiger partial charge on any atom is -0.384 e. The van der Waals surface area contributed by atoms with E-state index in [1.807, 2.05) is 6.07 Å². The highest BCUT2D eigenvalue weighted by Crippen LogP contribution is 2.47. The number of hydrogen-bond donors (Lipinski definition) is 1. The predicted molar refractivity (Wildman–Crippen MR) is 67.3 cm³/mol. The molecule has 1 aromatic carbocycles. The van der Waals surface area contributed by atoms with Gasteiger partial charge in [-0.15, -0.1) is 0 Å². The zero-order valence-corrected chi connectivity index (χ0v) is 11.2. The van der Waals surface area contributed by atoms with E-state index < -0.39 is 26.7 Å². The Morgan fingerprint density at radius 3 is 2.42 bits per heavy atom. The Balaban J connectivity index is 2.49. The lowest BCUT2D eigenvalue weighted by molar-refractivity contribution is -0.0323. The summed E-state index contributed by atoms with van der Waals surface area (Å²) in [5.41, 5.74) is -2.68. The van der Waals surface area contributed by atoms with E-state index in [1.54, 1.807) is 0 Å². The molecule has 1 saturated heterocycles. The third-order valence-electron chi connectivity index (χ3n) is 3.86. The summed E-state index contributed by atoms with van der Waals surface area (Å²) in [5.74, 6) is -0.941. The minimum atomic E-state index is -3.32. The van der Waals surface area contributed by atoms with Crippen molar-refractivity contribution in [2.75, 3.05) is 11.5 Å². The molecule has 0 bridgehead atoms. The van der Waals surface area contributed by atoms with E-state index in [4.69, 9.17) is 0 Å². The molecule has 0 aliphatic carbocycles. The van der Waals surface area contributed by atoms with E-state index >= 15 is 0 Å². The molecule has 0 radical (unpaired) electrons. The number of halogens is 1. The molecule has 1 aliphatic rings. The SMILES string of the molecule is CC(O)(c1ccc(F)cc1)C1(C#N)CCS(=O)(=O)C1. The molecule has 2 rings (SSSR count). The molecule has 19 heavy (non-hydrogen) atoms. The van der Waals surface area contributed by atoms with Crippen LogP contribution in [0.1, 0.15) is 18.9 Å². The molecule has 102 valence electrons. The molecular formula is C13H14FNO3S. The first-order chi connectivity index (χ1) is 8.72. The smallest absolute Gasteiger partial charge is 0.152 e. The average Bonchev–Trinajstić information content (AvgIpc) is 2.67. The van der Waals surface area contributed by atoms with Gasteiger partial charge in [-0.3, -0.25) is 0 Å². The number of benzene rings is 1. The topological polar surface area (TPSA) is 78.2 Å². The Kier molecular flexibility index (Phi) is 3.15. The van der Waals surface area contributed by atoms with Gasteiger partial charge < -0.3 is 5.11 Å². The van der Waals surface area contributed by atoms with Crippen molar-refractivity contribution in [3.05, 3.63) is 35.6 Å². The van der Waals surface area contributed by atoms with Crippen LogP contribution in [0.3, 0.4) is 0 Å². The highest BCUT2D eigenvalue weighted by atomic mass is 32.2. The van der Waals surface area contributed by atoms with Crippen LogP contribution in [0.25, 0.3) is 0 Å². The molecule has 1 aliphatic heterocycles. The molecule has 0 aromatic heterocycles. The largest absolute Gasteiger partial charge is 0.384 e. The van der Waals surface area contributed by atoms with Crippen LogP contribution in [0.15, 0.2) is 24.3 Å². The Hall–Kier alpha value is -1.45. The maximum absolute atomic E-state index is 12.9. The van der Waals surface area contributed by atoms with Crippen LogP contribution in [-0.2, 0) is 15.4 Å². The zero-order chi connectivity index (χ0) is 14.3. The van der Waals surface area contributed by atoms with Crippen LogP contribution in [0.5, 0.6) is 0 Å². The number of sulfone groups is 1. The van der Waals surface area contributed by atoms with Gasteiger partial charge >= 0.3 is 0 Å². The third kappa shape index (κ3) is 2.24. The normalized spacial score (nSPS) is 28.5. The van der Waals surface area contributed by atoms with Gasteiger partial charge in [0.15, 0.2) is 9.84 Å². The van der Waals surface area contributed by atoms with Crippen molar-refractivity contribution in [3.8, 4) is 6.07 Å². The lowest BCUT2D eigenvalue weighted by Gasteiger charge is -2.36. The van der Waals surface area contributed by atoms with Crippen molar-refractivity contribution in [3.63, 3.8) is 0 Å². The van der Waals surface area contributed by atoms with Gasteiger partial charge in [0.2, 0.25) is 0 Å². The maximum atomic E-state index is 12.9. The average molecular weight is 283 g/mol. The summed E-state index contributed by atoms with van der Waals surface area (Å²) >= 11 is 0. The quantitative estimate of drug-likeness (QED) is 0.889. The van der Waals surface area contributed by atoms with Gasteiger partial charge in [-0.1, -0.05) is 12.1 Å². The molecule has 0 spiro atoms. The van der Waals surface area contributed by atoms with E-state index in [0.29, 0.717) is 5.56 Å². The number of hydrogen-bond acceptors (Lipinski definition) is 4. The second-order valence-corrected chi connectivity index (χ2v) is 7.30. The molecule has 1 heterocycles. The number of nitriles is 1. The van der Waals surface area contributed by atoms with Gasteiger partial charge in [-0.05, 0) is 31.0 Å². The zero-order valence-electron chi connectivity index (χ0n) is 10.4. The number of rotatable bonds is 2. The second kappa shape index (κ2) is 4.29. The third-order valence-corrected chi connectivity index (χ3v) is 5.62. The predicted octanol–water partition coefficient (Wildman–Crippen LogP) is 1.36. The summed E-state index contributed by atoms with van der Waals surface area (Å²) in [7, 11) is -3.32. The Morgan fingerprint density at radius 1 is 1.42 bits per heavy atom. The van der Waals surface area contributed by atoms with Crippen molar-refractivity contribution in [1.29, 1.82) is 5.26 Å². The summed E-state index contributed by atoms with van der Waals surface area (Å²) in [6, 6.07) is 7.07. The van der Waals surface area contributed by atoms with Crippen molar-refractivity contribution in [1.82, 2.24) is 0 Å². The molecule has 2 atom stereocenters. The van der Waals surface area contributed by atoms with Crippen molar-refractivity contribution >= 4 is 9.84 Å². The fourth-order valence-electron chi connectivity index (χ4n) is 2.48. The van der Waals surface area contributed by atoms with E-state index in [2.05, 4.69) is 0 Å². The van der Waals surface area contributed by atoms with E-state index in [0.717, 1.165) is 0 Å². The van der Waals surface area contributed by atoms with Gasteiger partial charge in [-0.25, -0.2) is 12.8 Å². The van der Waals surface area contributed by atoms with Crippen LogP contribution in [0, 0.1) is 22.6 Å². The molecule has 0 amide bonds. The van der Waals surface area contributed by atoms with Crippen molar-refractivity contribution in [2.45, 2.75) is 18.9 Å². The van der Waals surface area contributed by atoms with Gasteiger partial charge in [-0.2, -0.15) is 5.26 Å². The highest BCUT2D eigenvalue weighted by molar-refractivity contribution is 7.91. The van der Waals surface area contributed by atoms with Gasteiger partial charge in [0, 0.05) is 0 Å². The number of aliphatic hydroxyl groups is 1. The second-order valence-electron chi connectivity index (χ2n) is 5.12.